The maximum atomic E-state index is 13.8. The SMILES string of the molecule is CC[Si](CC)(CC)OC(c1cccnc1)c1ncn2cc(C(=O)C(C)[C@H]3NC(=O)[C@@H]3[C@@H](C)O[Si](C)(C)C(C)(C)C)sc12. The van der Waals surface area contributed by atoms with E-state index in [0.717, 1.165) is 34.2 Å². The summed E-state index contributed by atoms with van der Waals surface area (Å²) in [6.07, 6.45) is 6.65. The predicted octanol–water partition coefficient (Wildman–Crippen LogP) is 7.25. The van der Waals surface area contributed by atoms with Crippen molar-refractivity contribution in [1.29, 1.82) is 0 Å². The van der Waals surface area contributed by atoms with Crippen LogP contribution in [-0.4, -0.2) is 54.8 Å². The quantitative estimate of drug-likeness (QED) is 0.122. The average molecular weight is 629 g/mol. The summed E-state index contributed by atoms with van der Waals surface area (Å²) in [6.45, 7) is 21.5. The number of nitrogens with one attached hydrogen (secondary N) is 1. The van der Waals surface area contributed by atoms with Crippen molar-refractivity contribution >= 4 is 44.5 Å². The molecule has 3 aromatic heterocycles. The monoisotopic (exact) mass is 628 g/mol. The van der Waals surface area contributed by atoms with Gasteiger partial charge in [-0.1, -0.05) is 54.5 Å². The van der Waals surface area contributed by atoms with Gasteiger partial charge in [0.1, 0.15) is 23.0 Å². The van der Waals surface area contributed by atoms with Crippen LogP contribution < -0.4 is 5.32 Å². The number of carbonyl (C=O) groups excluding carboxylic acids is 2. The highest BCUT2D eigenvalue weighted by Gasteiger charge is 2.50. The van der Waals surface area contributed by atoms with Gasteiger partial charge in [0.25, 0.3) is 0 Å². The van der Waals surface area contributed by atoms with Crippen LogP contribution in [0.4, 0.5) is 0 Å². The van der Waals surface area contributed by atoms with E-state index in [0.29, 0.717) is 4.88 Å². The van der Waals surface area contributed by atoms with E-state index in [1.54, 1.807) is 12.5 Å². The summed E-state index contributed by atoms with van der Waals surface area (Å²) in [7, 11) is -4.06. The van der Waals surface area contributed by atoms with E-state index in [1.807, 2.05) is 42.8 Å². The normalized spacial score (nSPS) is 20.2. The molecule has 0 saturated carbocycles. The van der Waals surface area contributed by atoms with Crippen LogP contribution in [0.3, 0.4) is 0 Å². The summed E-state index contributed by atoms with van der Waals surface area (Å²) in [5.74, 6) is -0.755. The van der Waals surface area contributed by atoms with E-state index in [9.17, 15) is 9.59 Å². The number of hydrogen-bond acceptors (Lipinski definition) is 7. The molecule has 0 aromatic carbocycles. The molecule has 0 radical (unpaired) electrons. The molecule has 0 spiro atoms. The Balaban J connectivity index is 1.60. The first-order valence-electron chi connectivity index (χ1n) is 15.2. The second kappa shape index (κ2) is 12.4. The van der Waals surface area contributed by atoms with Gasteiger partial charge in [-0.2, -0.15) is 0 Å². The van der Waals surface area contributed by atoms with Crippen molar-refractivity contribution < 1.29 is 18.4 Å². The van der Waals surface area contributed by atoms with E-state index in [4.69, 9.17) is 13.8 Å². The molecule has 11 heteroatoms. The zero-order valence-corrected chi connectivity index (χ0v) is 29.7. The number of thiazole rings is 1. The molecule has 1 N–H and O–H groups in total. The van der Waals surface area contributed by atoms with Crippen molar-refractivity contribution in [3.63, 3.8) is 0 Å². The third-order valence-corrected chi connectivity index (χ3v) is 20.1. The lowest BCUT2D eigenvalue weighted by Gasteiger charge is -2.46. The maximum absolute atomic E-state index is 13.8. The second-order valence-corrected chi connectivity index (χ2v) is 23.8. The smallest absolute Gasteiger partial charge is 0.228 e. The summed E-state index contributed by atoms with van der Waals surface area (Å²) >= 11 is 1.44. The Kier molecular flexibility index (Phi) is 9.69. The number of Topliss-reactive ketones (excluding diaryl/α,β-unsaturated/α-hetero) is 1. The summed E-state index contributed by atoms with van der Waals surface area (Å²) in [6, 6.07) is 6.76. The van der Waals surface area contributed by atoms with E-state index in [1.165, 1.54) is 11.3 Å². The molecular weight excluding hydrogens is 581 g/mol. The zero-order chi connectivity index (χ0) is 31.0. The molecule has 1 amide bonds. The Morgan fingerprint density at radius 3 is 2.36 bits per heavy atom. The standard InChI is InChI=1S/C31H48N4O4SSi2/c1-11-42(12-2,13-3)39-28(22-15-14-16-32-17-22)26-30-35(19-33-26)18-23(40-30)27(36)20(4)25-24(29(37)34-25)21(5)38-41(9,10)31(6,7)8/h14-21,24-25,28H,11-13H2,1-10H3,(H,34,37)/t20?,21-,24-,25-,28?/m1/s1. The van der Waals surface area contributed by atoms with Crippen molar-refractivity contribution in [3.8, 4) is 0 Å². The van der Waals surface area contributed by atoms with E-state index < -0.39 is 16.6 Å². The Morgan fingerprint density at radius 2 is 1.81 bits per heavy atom. The van der Waals surface area contributed by atoms with Gasteiger partial charge in [-0.15, -0.1) is 11.3 Å². The highest BCUT2D eigenvalue weighted by Crippen LogP contribution is 2.41. The first-order chi connectivity index (χ1) is 19.7. The van der Waals surface area contributed by atoms with Gasteiger partial charge in [0.05, 0.1) is 22.9 Å². The van der Waals surface area contributed by atoms with Gasteiger partial charge >= 0.3 is 0 Å². The number of nitrogens with zero attached hydrogens (tertiary/aromatic N) is 3. The van der Waals surface area contributed by atoms with Gasteiger partial charge in [0.15, 0.2) is 22.4 Å². The van der Waals surface area contributed by atoms with E-state index >= 15 is 0 Å². The maximum Gasteiger partial charge on any atom is 0.228 e. The molecule has 4 rings (SSSR count). The lowest BCUT2D eigenvalue weighted by Crippen LogP contribution is -2.66. The van der Waals surface area contributed by atoms with Gasteiger partial charge in [-0.3, -0.25) is 19.0 Å². The number of fused-ring (bicyclic) bond motifs is 1. The summed E-state index contributed by atoms with van der Waals surface area (Å²) in [5, 5.41) is 3.05. The molecule has 1 aliphatic heterocycles. The third kappa shape index (κ3) is 6.21. The van der Waals surface area contributed by atoms with E-state index in [2.05, 4.69) is 64.9 Å². The number of carbonyl (C=O) groups is 2. The fraction of sp³-hybridized carbons (Fsp3) is 0.613. The number of β-lactam (4-membered cyclic amide) rings is 1. The van der Waals surface area contributed by atoms with Crippen LogP contribution in [0.2, 0.25) is 36.3 Å². The molecule has 0 bridgehead atoms. The zero-order valence-electron chi connectivity index (χ0n) is 26.9. The average Bonchev–Trinajstić information content (AvgIpc) is 3.53. The molecule has 1 fully saturated rings. The fourth-order valence-corrected chi connectivity index (χ4v) is 10.9. The van der Waals surface area contributed by atoms with Gasteiger partial charge < -0.3 is 14.2 Å². The summed E-state index contributed by atoms with van der Waals surface area (Å²) < 4.78 is 15.5. The Labute approximate surface area is 256 Å². The molecule has 42 heavy (non-hydrogen) atoms. The van der Waals surface area contributed by atoms with Crippen LogP contribution >= 0.6 is 11.3 Å². The largest absolute Gasteiger partial charge is 0.413 e. The number of amides is 1. The molecule has 2 unspecified atom stereocenters. The van der Waals surface area contributed by atoms with Crippen molar-refractivity contribution in [3.05, 3.63) is 53.2 Å². The molecule has 8 nitrogen and oxygen atoms in total. The summed E-state index contributed by atoms with van der Waals surface area (Å²) in [4.78, 5) is 37.3. The molecule has 5 atom stereocenters. The first-order valence-corrected chi connectivity index (χ1v) is 21.5. The van der Waals surface area contributed by atoms with E-state index in [-0.39, 0.29) is 46.8 Å². The molecule has 4 heterocycles. The highest BCUT2D eigenvalue weighted by atomic mass is 32.1. The first kappa shape index (κ1) is 32.7. The van der Waals surface area contributed by atoms with Crippen molar-refractivity contribution in [2.24, 2.45) is 11.8 Å². The number of ketones is 1. The number of imidazole rings is 1. The van der Waals surface area contributed by atoms with Crippen LogP contribution in [-0.2, 0) is 13.6 Å². The van der Waals surface area contributed by atoms with Crippen LogP contribution in [0.15, 0.2) is 37.1 Å². The van der Waals surface area contributed by atoms with Gasteiger partial charge in [-0.05, 0) is 49.3 Å². The minimum Gasteiger partial charge on any atom is -0.413 e. The molecule has 0 aliphatic carbocycles. The second-order valence-electron chi connectivity index (χ2n) is 13.3. The molecular formula is C31H48N4O4SSi2. The lowest BCUT2D eigenvalue weighted by atomic mass is 9.77. The van der Waals surface area contributed by atoms with Crippen LogP contribution in [0.5, 0.6) is 0 Å². The number of pyridine rings is 1. The fourth-order valence-electron chi connectivity index (χ4n) is 5.64. The molecule has 1 aliphatic rings. The Hall–Kier alpha value is -2.19. The minimum atomic E-state index is -2.07. The highest BCUT2D eigenvalue weighted by molar-refractivity contribution is 7.19. The number of rotatable bonds is 13. The predicted molar refractivity (Wildman–Crippen MR) is 174 cm³/mol. The van der Waals surface area contributed by atoms with Crippen molar-refractivity contribution in [2.45, 2.75) is 110 Å². The van der Waals surface area contributed by atoms with Gasteiger partial charge in [0, 0.05) is 30.1 Å². The topological polar surface area (TPSA) is 94.8 Å². The summed E-state index contributed by atoms with van der Waals surface area (Å²) in [5.41, 5.74) is 1.79. The van der Waals surface area contributed by atoms with Gasteiger partial charge in [-0.25, -0.2) is 4.98 Å². The molecule has 1 saturated heterocycles. The number of hydrogen-bond donors (Lipinski definition) is 1. The van der Waals surface area contributed by atoms with Crippen LogP contribution in [0.1, 0.15) is 82.4 Å². The Bertz CT molecular complexity index is 1390. The van der Waals surface area contributed by atoms with Gasteiger partial charge in [0.2, 0.25) is 5.91 Å². The van der Waals surface area contributed by atoms with Crippen LogP contribution in [0.25, 0.3) is 4.83 Å². The van der Waals surface area contributed by atoms with Crippen molar-refractivity contribution in [2.75, 3.05) is 0 Å². The Morgan fingerprint density at radius 1 is 1.14 bits per heavy atom. The number of aromatic nitrogens is 3. The molecule has 3 aromatic rings. The molecule has 230 valence electrons. The van der Waals surface area contributed by atoms with Crippen molar-refractivity contribution in [1.82, 2.24) is 19.7 Å². The minimum absolute atomic E-state index is 0.0161. The lowest BCUT2D eigenvalue weighted by molar-refractivity contribution is -0.141. The third-order valence-electron chi connectivity index (χ3n) is 9.76. The van der Waals surface area contributed by atoms with Crippen LogP contribution in [0, 0.1) is 11.8 Å².